The van der Waals surface area contributed by atoms with E-state index in [0.29, 0.717) is 39.3 Å². The van der Waals surface area contributed by atoms with E-state index in [1.165, 1.54) is 56.3 Å². The van der Waals surface area contributed by atoms with Crippen molar-refractivity contribution in [1.29, 1.82) is 0 Å². The number of carbonyl (C=O) groups is 1. The van der Waals surface area contributed by atoms with E-state index >= 15 is 0 Å². The molecule has 6 aromatic heterocycles. The second-order valence-electron chi connectivity index (χ2n) is 28.4. The minimum atomic E-state index is -2.87. The lowest BCUT2D eigenvalue weighted by atomic mass is 10.1. The quantitative estimate of drug-likeness (QED) is 0.0537. The van der Waals surface area contributed by atoms with Crippen LogP contribution in [0.3, 0.4) is 0 Å². The molecule has 0 aliphatic carbocycles. The Bertz CT molecular complexity index is 4790. The minimum Gasteiger partial charge on any atom is -0.406 e. The molecule has 6 aromatic carbocycles. The number of fused-ring (bicyclic) bond motifs is 2. The van der Waals surface area contributed by atoms with Crippen molar-refractivity contribution in [3.63, 3.8) is 0 Å². The Hall–Kier alpha value is -9.05. The van der Waals surface area contributed by atoms with Crippen LogP contribution < -0.4 is 45.7 Å². The molecule has 24 heteroatoms. The number of piperazine rings is 2. The molecule has 0 radical (unpaired) electrons. The molecule has 1 amide bonds. The monoisotopic (exact) mass is 1490 g/mol. The first-order valence-electron chi connectivity index (χ1n) is 35.5. The molecule has 0 bridgehead atoms. The molecule has 538 valence electrons. The molecule has 0 saturated carbocycles. The summed E-state index contributed by atoms with van der Waals surface area (Å²) < 4.78 is 45.6. The highest BCUT2D eigenvalue weighted by molar-refractivity contribution is 7.14. The van der Waals surface area contributed by atoms with Crippen LogP contribution >= 0.6 is 34.3 Å². The largest absolute Gasteiger partial charge is 0.406 e. The molecule has 17 nitrogen and oxygen atoms in total. The summed E-state index contributed by atoms with van der Waals surface area (Å²) in [6.07, 6.45) is 1.46. The van der Waals surface area contributed by atoms with Crippen molar-refractivity contribution in [3.05, 3.63) is 228 Å². The van der Waals surface area contributed by atoms with Gasteiger partial charge in [0.25, 0.3) is 16.6 Å². The zero-order valence-electron chi connectivity index (χ0n) is 60.6. The molecule has 0 spiro atoms. The SMILES string of the molecule is CCc1nc2ccc(N3CCN(C(=O)CCl)[C@H](CO[Si](c4ccccc4)(c4ccccc4)C(C)(C)C)C3)nn2c1N(C)c1nc(-c2ccc(F)cc2)cs1.CCc1nc2ccc(N3CCN[C@H](CO[Si](c4ccccc4)(c4ccccc4)C(C)(C)C)C3)nn2c1N(C)c1nc(-c2ccc(F)cc2)cs1. The summed E-state index contributed by atoms with van der Waals surface area (Å²) in [5.74, 6) is 2.66. The minimum absolute atomic E-state index is 0.0886. The Morgan fingerprint density at radius 1 is 0.538 bits per heavy atom. The van der Waals surface area contributed by atoms with E-state index in [1.54, 1.807) is 35.6 Å². The number of rotatable bonds is 21. The second-order valence-corrected chi connectivity index (χ2v) is 39.0. The van der Waals surface area contributed by atoms with Crippen LogP contribution in [0.15, 0.2) is 205 Å². The fourth-order valence-electron chi connectivity index (χ4n) is 14.6. The number of hydrogen-bond acceptors (Lipinski definition) is 16. The van der Waals surface area contributed by atoms with Gasteiger partial charge in [0.1, 0.15) is 29.2 Å². The maximum atomic E-state index is 13.6. The third kappa shape index (κ3) is 14.9. The van der Waals surface area contributed by atoms with Crippen LogP contribution in [0.1, 0.15) is 66.8 Å². The van der Waals surface area contributed by atoms with Crippen LogP contribution in [0.2, 0.25) is 10.1 Å². The first-order chi connectivity index (χ1) is 50.2. The number of anilines is 6. The van der Waals surface area contributed by atoms with Crippen molar-refractivity contribution in [1.82, 2.24) is 49.4 Å². The number of amides is 1. The van der Waals surface area contributed by atoms with Crippen molar-refractivity contribution in [3.8, 4) is 22.5 Å². The van der Waals surface area contributed by atoms with Crippen LogP contribution in [-0.2, 0) is 26.5 Å². The van der Waals surface area contributed by atoms with Crippen LogP contribution in [0.5, 0.6) is 0 Å². The topological polar surface area (TPSA) is 150 Å². The van der Waals surface area contributed by atoms with Gasteiger partial charge in [-0.25, -0.2) is 28.7 Å². The summed E-state index contributed by atoms with van der Waals surface area (Å²) in [4.78, 5) is 43.5. The highest BCUT2D eigenvalue weighted by Crippen LogP contribution is 2.41. The molecule has 12 aromatic rings. The van der Waals surface area contributed by atoms with E-state index in [4.69, 9.17) is 50.6 Å². The zero-order chi connectivity index (χ0) is 72.9. The average molecular weight is 1490 g/mol. The molecule has 8 heterocycles. The highest BCUT2D eigenvalue weighted by atomic mass is 35.5. The third-order valence-electron chi connectivity index (χ3n) is 19.8. The summed E-state index contributed by atoms with van der Waals surface area (Å²) in [7, 11) is -1.55. The number of carbonyl (C=O) groups excluding carboxylic acids is 1. The summed E-state index contributed by atoms with van der Waals surface area (Å²) in [5.41, 5.74) is 6.69. The fraction of sp³-hybridized carbons (Fsp3) is 0.312. The first kappa shape index (κ1) is 73.3. The molecule has 104 heavy (non-hydrogen) atoms. The first-order valence-corrected chi connectivity index (χ1v) is 41.6. The molecular formula is C80H89ClF2N14O3S2Si2. The van der Waals surface area contributed by atoms with Gasteiger partial charge in [-0.05, 0) is 116 Å². The third-order valence-corrected chi connectivity index (χ3v) is 31.9. The molecule has 2 saturated heterocycles. The molecule has 0 unspecified atom stereocenters. The van der Waals surface area contributed by atoms with Gasteiger partial charge in [0.05, 0.1) is 42.0 Å². The van der Waals surface area contributed by atoms with Gasteiger partial charge in [-0.15, -0.1) is 44.5 Å². The summed E-state index contributed by atoms with van der Waals surface area (Å²) in [6, 6.07) is 63.5. The number of aryl methyl sites for hydroxylation is 2. The molecular weight excluding hydrogens is 1400 g/mol. The van der Waals surface area contributed by atoms with Crippen LogP contribution in [0, 0.1) is 11.6 Å². The number of nitrogens with one attached hydrogen (secondary N) is 1. The summed E-state index contributed by atoms with van der Waals surface area (Å²) >= 11 is 9.25. The van der Waals surface area contributed by atoms with Gasteiger partial charge >= 0.3 is 0 Å². The number of imidazole rings is 2. The Labute approximate surface area is 623 Å². The smallest absolute Gasteiger partial charge is 0.261 e. The number of nitrogens with zero attached hydrogens (tertiary/aromatic N) is 13. The molecule has 2 atom stereocenters. The van der Waals surface area contributed by atoms with Crippen molar-refractivity contribution < 1.29 is 22.4 Å². The van der Waals surface area contributed by atoms with Crippen LogP contribution in [0.25, 0.3) is 33.8 Å². The van der Waals surface area contributed by atoms with E-state index in [-0.39, 0.29) is 45.6 Å². The van der Waals surface area contributed by atoms with Crippen molar-refractivity contribution >= 4 is 122 Å². The Morgan fingerprint density at radius 2 is 0.942 bits per heavy atom. The normalized spacial score (nSPS) is 15.3. The lowest BCUT2D eigenvalue weighted by molar-refractivity contribution is -0.132. The fourth-order valence-corrected chi connectivity index (χ4v) is 25.6. The van der Waals surface area contributed by atoms with Gasteiger partial charge in [-0.2, -0.15) is 9.03 Å². The van der Waals surface area contributed by atoms with E-state index in [9.17, 15) is 13.6 Å². The maximum Gasteiger partial charge on any atom is 0.261 e. The second kappa shape index (κ2) is 31.3. The van der Waals surface area contributed by atoms with Gasteiger partial charge in [0.2, 0.25) is 5.91 Å². The summed E-state index contributed by atoms with van der Waals surface area (Å²) in [6.45, 7) is 22.9. The molecule has 14 rings (SSSR count). The van der Waals surface area contributed by atoms with Gasteiger partial charge in [-0.3, -0.25) is 4.79 Å². The van der Waals surface area contributed by atoms with Gasteiger partial charge in [-0.1, -0.05) is 177 Å². The van der Waals surface area contributed by atoms with Crippen molar-refractivity contribution in [2.45, 2.75) is 90.4 Å². The van der Waals surface area contributed by atoms with Gasteiger partial charge in [0, 0.05) is 81.3 Å². The average Bonchev–Trinajstić information content (AvgIpc) is 1.14. The zero-order valence-corrected chi connectivity index (χ0v) is 64.9. The molecule has 1 N–H and O–H groups in total. The highest BCUT2D eigenvalue weighted by Gasteiger charge is 2.52. The maximum absolute atomic E-state index is 13.6. The molecule has 2 aliphatic rings. The number of hydrogen-bond donors (Lipinski definition) is 1. The number of thiazole rings is 2. The van der Waals surface area contributed by atoms with E-state index in [0.717, 1.165) is 105 Å². The standard InChI is InChI=1S/C41H45ClFN7O2SSi.C39H44FN7OSSi/c1-6-34-39(47(5)40-45-35(28-53-40)29-17-19-30(43)20-18-29)50-36(44-34)21-22-37(46-50)48-23-24-49(38(51)25-42)31(26-48)27-52-54(41(2,3)4,32-13-9-7-10-14-32)33-15-11-8-12-16-33;1-6-33-37(45(5)38-43-34(27-49-38)28-17-19-29(40)20-18-28)47-35(42-33)21-22-36(44-47)46-24-23-41-30(25-46)26-48-50(39(2,3)4,31-13-9-7-10-14-31)32-15-11-8-12-16-32/h7-22,28,31H,6,23-27H2,1-5H3;7-22,27,30,41H,6,23-26H2,1-5H3/t31-;30-/m00/s1. The van der Waals surface area contributed by atoms with Crippen LogP contribution in [0.4, 0.5) is 42.3 Å². The predicted molar refractivity (Wildman–Crippen MR) is 425 cm³/mol. The lowest BCUT2D eigenvalue weighted by Gasteiger charge is -2.46. The Kier molecular flexibility index (Phi) is 22.1. The molecule has 2 fully saturated rings. The van der Waals surface area contributed by atoms with E-state index < -0.39 is 16.6 Å². The van der Waals surface area contributed by atoms with Crippen molar-refractivity contribution in [2.75, 3.05) is 92.1 Å². The summed E-state index contributed by atoms with van der Waals surface area (Å²) in [5, 5.41) is 24.3. The predicted octanol–water partition coefficient (Wildman–Crippen LogP) is 13.8. The van der Waals surface area contributed by atoms with Gasteiger partial charge < -0.3 is 38.7 Å². The van der Waals surface area contributed by atoms with E-state index in [1.807, 2.05) is 68.0 Å². The Balaban J connectivity index is 0.000000185. The lowest BCUT2D eigenvalue weighted by Crippen LogP contribution is -2.68. The number of halogens is 3. The number of benzene rings is 6. The van der Waals surface area contributed by atoms with Gasteiger partial charge in [0.15, 0.2) is 33.2 Å². The number of aromatic nitrogens is 8. The van der Waals surface area contributed by atoms with E-state index in [2.05, 4.69) is 197 Å². The molecule has 2 aliphatic heterocycles. The number of alkyl halides is 1. The Morgan fingerprint density at radius 3 is 1.34 bits per heavy atom. The van der Waals surface area contributed by atoms with Crippen molar-refractivity contribution in [2.24, 2.45) is 0 Å². The van der Waals surface area contributed by atoms with Crippen LogP contribution in [-0.4, -0.2) is 151 Å².